The van der Waals surface area contributed by atoms with Crippen LogP contribution in [0, 0.1) is 5.92 Å². The zero-order valence-corrected chi connectivity index (χ0v) is 9.10. The summed E-state index contributed by atoms with van der Waals surface area (Å²) in [6.45, 7) is 2.20. The minimum Gasteiger partial charge on any atom is -0.374 e. The minimum atomic E-state index is 1.02. The van der Waals surface area contributed by atoms with Crippen LogP contribution in [0.2, 0.25) is 0 Å². The number of hydrogen-bond acceptors (Lipinski definition) is 2. The lowest BCUT2D eigenvalue weighted by atomic mass is 9.83. The number of amidine groups is 1. The van der Waals surface area contributed by atoms with Crippen LogP contribution in [-0.4, -0.2) is 18.9 Å². The van der Waals surface area contributed by atoms with Gasteiger partial charge in [-0.15, -0.1) is 0 Å². The predicted octanol–water partition coefficient (Wildman–Crippen LogP) is 2.74. The van der Waals surface area contributed by atoms with Gasteiger partial charge in [0.15, 0.2) is 0 Å². The van der Waals surface area contributed by atoms with E-state index in [0.717, 1.165) is 19.0 Å². The molecule has 0 bridgehead atoms. The van der Waals surface area contributed by atoms with Crippen molar-refractivity contribution < 1.29 is 0 Å². The molecule has 1 N–H and O–H groups in total. The van der Waals surface area contributed by atoms with E-state index in [-0.39, 0.29) is 0 Å². The van der Waals surface area contributed by atoms with E-state index in [0.29, 0.717) is 0 Å². The predicted molar refractivity (Wildman–Crippen MR) is 60.7 cm³/mol. The van der Waals surface area contributed by atoms with E-state index in [1.54, 1.807) is 0 Å². The van der Waals surface area contributed by atoms with Crippen molar-refractivity contribution in [3.05, 3.63) is 0 Å². The fourth-order valence-electron chi connectivity index (χ4n) is 2.22. The molecule has 0 spiro atoms. The van der Waals surface area contributed by atoms with Crippen LogP contribution < -0.4 is 5.32 Å². The molecule has 1 saturated carbocycles. The van der Waals surface area contributed by atoms with Crippen molar-refractivity contribution in [2.45, 2.75) is 51.4 Å². The van der Waals surface area contributed by atoms with Gasteiger partial charge < -0.3 is 5.32 Å². The molecule has 0 radical (unpaired) electrons. The smallest absolute Gasteiger partial charge is 0.0963 e. The molecular formula is C12H22N2. The molecule has 0 aromatic rings. The summed E-state index contributed by atoms with van der Waals surface area (Å²) in [5.41, 5.74) is 0. The van der Waals surface area contributed by atoms with Gasteiger partial charge in [0, 0.05) is 19.5 Å². The van der Waals surface area contributed by atoms with Crippen molar-refractivity contribution in [2.24, 2.45) is 10.9 Å². The largest absolute Gasteiger partial charge is 0.374 e. The first-order chi connectivity index (χ1) is 6.95. The Morgan fingerprint density at radius 2 is 2.07 bits per heavy atom. The van der Waals surface area contributed by atoms with E-state index in [1.165, 1.54) is 57.2 Å². The molecule has 0 unspecified atom stereocenters. The van der Waals surface area contributed by atoms with Crippen molar-refractivity contribution in [1.82, 2.24) is 5.32 Å². The zero-order valence-electron chi connectivity index (χ0n) is 9.10. The molecular weight excluding hydrogens is 172 g/mol. The maximum absolute atomic E-state index is 4.57. The first-order valence-electron chi connectivity index (χ1n) is 6.22. The molecule has 0 saturated heterocycles. The van der Waals surface area contributed by atoms with Crippen LogP contribution in [0.5, 0.6) is 0 Å². The van der Waals surface area contributed by atoms with Crippen molar-refractivity contribution in [2.75, 3.05) is 13.1 Å². The van der Waals surface area contributed by atoms with Gasteiger partial charge in [0.05, 0.1) is 5.84 Å². The van der Waals surface area contributed by atoms with Crippen molar-refractivity contribution in [3.63, 3.8) is 0 Å². The van der Waals surface area contributed by atoms with Crippen LogP contribution in [-0.2, 0) is 0 Å². The topological polar surface area (TPSA) is 24.4 Å². The number of rotatable bonds is 3. The average Bonchev–Trinajstić information content (AvgIpc) is 2.37. The van der Waals surface area contributed by atoms with Gasteiger partial charge in [0.2, 0.25) is 0 Å². The third kappa shape index (κ3) is 3.00. The third-order valence-corrected chi connectivity index (χ3v) is 3.48. The normalized spacial score (nSPS) is 23.6. The van der Waals surface area contributed by atoms with Crippen molar-refractivity contribution in [3.8, 4) is 0 Å². The van der Waals surface area contributed by atoms with E-state index in [2.05, 4.69) is 10.3 Å². The van der Waals surface area contributed by atoms with E-state index in [1.807, 2.05) is 0 Å². The lowest BCUT2D eigenvalue weighted by Crippen LogP contribution is -2.27. The maximum atomic E-state index is 4.57. The van der Waals surface area contributed by atoms with Crippen LogP contribution in [0.4, 0.5) is 0 Å². The summed E-state index contributed by atoms with van der Waals surface area (Å²) < 4.78 is 0. The Morgan fingerprint density at radius 3 is 2.86 bits per heavy atom. The highest BCUT2D eigenvalue weighted by atomic mass is 15.0. The summed E-state index contributed by atoms with van der Waals surface area (Å²) in [6, 6.07) is 0. The van der Waals surface area contributed by atoms with Gasteiger partial charge in [-0.2, -0.15) is 0 Å². The second kappa shape index (κ2) is 5.38. The van der Waals surface area contributed by atoms with Crippen LogP contribution in [0.3, 0.4) is 0 Å². The number of aliphatic imine (C=N–C) groups is 1. The quantitative estimate of drug-likeness (QED) is 0.734. The SMILES string of the molecule is C1CCN=C(NCCC2CCC2)CC1. The van der Waals surface area contributed by atoms with Crippen molar-refractivity contribution in [1.29, 1.82) is 0 Å². The number of nitrogens with one attached hydrogen (secondary N) is 1. The Kier molecular flexibility index (Phi) is 3.84. The molecule has 2 heteroatoms. The molecule has 2 aliphatic rings. The summed E-state index contributed by atoms with van der Waals surface area (Å²) in [5, 5.41) is 3.51. The number of nitrogens with zero attached hydrogens (tertiary/aromatic N) is 1. The summed E-state index contributed by atoms with van der Waals surface area (Å²) in [5.74, 6) is 2.30. The molecule has 2 nitrogen and oxygen atoms in total. The second-order valence-corrected chi connectivity index (χ2v) is 4.65. The highest BCUT2D eigenvalue weighted by Crippen LogP contribution is 2.28. The fourth-order valence-corrected chi connectivity index (χ4v) is 2.22. The highest BCUT2D eigenvalue weighted by Gasteiger charge is 2.16. The molecule has 1 fully saturated rings. The van der Waals surface area contributed by atoms with Crippen LogP contribution >= 0.6 is 0 Å². The standard InChI is InChI=1S/C12H22N2/c1-2-7-12(13-9-3-1)14-10-8-11-5-4-6-11/h11H,1-10H2,(H,13,14). The van der Waals surface area contributed by atoms with E-state index >= 15 is 0 Å². The highest BCUT2D eigenvalue weighted by molar-refractivity contribution is 5.82. The van der Waals surface area contributed by atoms with Crippen LogP contribution in [0.25, 0.3) is 0 Å². The van der Waals surface area contributed by atoms with Gasteiger partial charge in [0.1, 0.15) is 0 Å². The van der Waals surface area contributed by atoms with E-state index in [9.17, 15) is 0 Å². The first-order valence-corrected chi connectivity index (χ1v) is 6.22. The molecule has 2 rings (SSSR count). The fraction of sp³-hybridized carbons (Fsp3) is 0.917. The Labute approximate surface area is 87.2 Å². The summed E-state index contributed by atoms with van der Waals surface area (Å²) in [6.07, 6.45) is 10.9. The van der Waals surface area contributed by atoms with Gasteiger partial charge in [-0.25, -0.2) is 0 Å². The van der Waals surface area contributed by atoms with Crippen molar-refractivity contribution >= 4 is 5.84 Å². The summed E-state index contributed by atoms with van der Waals surface area (Å²) >= 11 is 0. The van der Waals surface area contributed by atoms with Gasteiger partial charge in [0.25, 0.3) is 0 Å². The molecule has 14 heavy (non-hydrogen) atoms. The molecule has 0 aromatic heterocycles. The monoisotopic (exact) mass is 194 g/mol. The van der Waals surface area contributed by atoms with Gasteiger partial charge >= 0.3 is 0 Å². The number of hydrogen-bond donors (Lipinski definition) is 1. The summed E-state index contributed by atoms with van der Waals surface area (Å²) in [7, 11) is 0. The zero-order chi connectivity index (χ0) is 9.64. The Hall–Kier alpha value is -0.530. The molecule has 1 aliphatic heterocycles. The lowest BCUT2D eigenvalue weighted by Gasteiger charge is -2.25. The molecule has 80 valence electrons. The molecule has 1 heterocycles. The third-order valence-electron chi connectivity index (χ3n) is 3.48. The molecule has 0 aromatic carbocycles. The first kappa shape index (κ1) is 10.0. The van der Waals surface area contributed by atoms with Crippen LogP contribution in [0.15, 0.2) is 4.99 Å². The summed E-state index contributed by atoms with van der Waals surface area (Å²) in [4.78, 5) is 4.57. The van der Waals surface area contributed by atoms with Crippen LogP contribution in [0.1, 0.15) is 51.4 Å². The van der Waals surface area contributed by atoms with Gasteiger partial charge in [-0.3, -0.25) is 4.99 Å². The Bertz CT molecular complexity index is 194. The molecule has 1 aliphatic carbocycles. The Morgan fingerprint density at radius 1 is 1.14 bits per heavy atom. The maximum Gasteiger partial charge on any atom is 0.0963 e. The second-order valence-electron chi connectivity index (χ2n) is 4.65. The molecule has 0 atom stereocenters. The minimum absolute atomic E-state index is 1.02. The molecule has 0 amide bonds. The van der Waals surface area contributed by atoms with Gasteiger partial charge in [-0.05, 0) is 25.2 Å². The Balaban J connectivity index is 1.60. The van der Waals surface area contributed by atoms with E-state index in [4.69, 9.17) is 0 Å². The van der Waals surface area contributed by atoms with E-state index < -0.39 is 0 Å². The van der Waals surface area contributed by atoms with Gasteiger partial charge in [-0.1, -0.05) is 25.7 Å². The average molecular weight is 194 g/mol. The lowest BCUT2D eigenvalue weighted by molar-refractivity contribution is 0.297.